The largest absolute Gasteiger partial charge is 0.399 e. The van der Waals surface area contributed by atoms with Gasteiger partial charge in [0.15, 0.2) is 0 Å². The van der Waals surface area contributed by atoms with Gasteiger partial charge in [-0.25, -0.2) is 4.98 Å². The molecule has 0 unspecified atom stereocenters. The number of H-pyrrole nitrogens is 1. The van der Waals surface area contributed by atoms with Crippen LogP contribution in [0.2, 0.25) is 0 Å². The Morgan fingerprint density at radius 1 is 1.12 bits per heavy atom. The van der Waals surface area contributed by atoms with E-state index in [0.29, 0.717) is 29.3 Å². The Morgan fingerprint density at radius 3 is 2.54 bits per heavy atom. The van der Waals surface area contributed by atoms with Crippen LogP contribution in [0.25, 0.3) is 0 Å². The molecule has 4 N–H and O–H groups in total. The number of nitrogens with one attached hydrogen (secondary N) is 2. The third kappa shape index (κ3) is 3.63. The number of aryl methyl sites for hydroxylation is 2. The molecule has 24 heavy (non-hydrogen) atoms. The van der Waals surface area contributed by atoms with Gasteiger partial charge in [0.05, 0.1) is 5.69 Å². The van der Waals surface area contributed by atoms with Crippen LogP contribution >= 0.6 is 0 Å². The van der Waals surface area contributed by atoms with Crippen molar-refractivity contribution in [2.45, 2.75) is 20.3 Å². The minimum Gasteiger partial charge on any atom is -0.399 e. The zero-order chi connectivity index (χ0) is 17.1. The highest BCUT2D eigenvalue weighted by Gasteiger charge is 2.09. The van der Waals surface area contributed by atoms with E-state index in [1.165, 1.54) is 5.56 Å². The minimum absolute atomic E-state index is 0.130. The fourth-order valence-corrected chi connectivity index (χ4v) is 2.54. The molecule has 3 rings (SSSR count). The van der Waals surface area contributed by atoms with Crippen LogP contribution < -0.4 is 16.6 Å². The molecule has 122 valence electrons. The molecule has 0 saturated carbocycles. The van der Waals surface area contributed by atoms with Crippen LogP contribution in [-0.4, -0.2) is 9.97 Å². The van der Waals surface area contributed by atoms with E-state index < -0.39 is 0 Å². The van der Waals surface area contributed by atoms with E-state index >= 15 is 0 Å². The van der Waals surface area contributed by atoms with Crippen LogP contribution in [-0.2, 0) is 6.42 Å². The molecule has 5 heteroatoms. The zero-order valence-electron chi connectivity index (χ0n) is 13.8. The highest BCUT2D eigenvalue weighted by Crippen LogP contribution is 2.16. The van der Waals surface area contributed by atoms with Gasteiger partial charge in [-0.1, -0.05) is 35.9 Å². The Labute approximate surface area is 140 Å². The average Bonchev–Trinajstić information content (AvgIpc) is 2.53. The molecular weight excluding hydrogens is 300 g/mol. The Balaban J connectivity index is 1.85. The summed E-state index contributed by atoms with van der Waals surface area (Å²) in [5.41, 5.74) is 10.7. The molecule has 0 atom stereocenters. The van der Waals surface area contributed by atoms with E-state index in [0.717, 1.165) is 11.3 Å². The number of nitrogen functional groups attached to an aromatic ring is 1. The van der Waals surface area contributed by atoms with Crippen molar-refractivity contribution in [1.82, 2.24) is 9.97 Å². The van der Waals surface area contributed by atoms with Gasteiger partial charge in [-0.2, -0.15) is 0 Å². The van der Waals surface area contributed by atoms with Crippen LogP contribution in [0.4, 0.5) is 17.3 Å². The summed E-state index contributed by atoms with van der Waals surface area (Å²) in [6, 6.07) is 15.5. The van der Waals surface area contributed by atoms with Crippen molar-refractivity contribution in [3.8, 4) is 0 Å². The summed E-state index contributed by atoms with van der Waals surface area (Å²) in [6.45, 7) is 3.89. The number of nitrogens with two attached hydrogens (primary N) is 1. The molecule has 1 aromatic heterocycles. The van der Waals surface area contributed by atoms with Crippen molar-refractivity contribution in [2.75, 3.05) is 11.1 Å². The van der Waals surface area contributed by atoms with Crippen molar-refractivity contribution >= 4 is 17.3 Å². The van der Waals surface area contributed by atoms with Crippen molar-refractivity contribution in [1.29, 1.82) is 0 Å². The summed E-state index contributed by atoms with van der Waals surface area (Å²) in [6.07, 6.45) is 0.563. The van der Waals surface area contributed by atoms with Gasteiger partial charge >= 0.3 is 0 Å². The molecule has 0 radical (unpaired) electrons. The van der Waals surface area contributed by atoms with Gasteiger partial charge in [0.1, 0.15) is 0 Å². The molecule has 5 nitrogen and oxygen atoms in total. The highest BCUT2D eigenvalue weighted by molar-refractivity contribution is 5.59. The number of hydrogen-bond acceptors (Lipinski definition) is 4. The van der Waals surface area contributed by atoms with Crippen LogP contribution in [0, 0.1) is 13.8 Å². The Bertz CT molecular complexity index is 913. The maximum atomic E-state index is 12.4. The maximum absolute atomic E-state index is 12.4. The van der Waals surface area contributed by atoms with E-state index in [-0.39, 0.29) is 5.56 Å². The molecule has 0 spiro atoms. The smallest absolute Gasteiger partial charge is 0.256 e. The van der Waals surface area contributed by atoms with Gasteiger partial charge in [-0.15, -0.1) is 0 Å². The molecule has 0 aliphatic carbocycles. The van der Waals surface area contributed by atoms with Crippen LogP contribution in [0.3, 0.4) is 0 Å². The summed E-state index contributed by atoms with van der Waals surface area (Å²) in [5, 5.41) is 3.08. The summed E-state index contributed by atoms with van der Waals surface area (Å²) < 4.78 is 0. The quantitative estimate of drug-likeness (QED) is 0.644. The van der Waals surface area contributed by atoms with Crippen LogP contribution in [0.1, 0.15) is 22.4 Å². The first-order valence-electron chi connectivity index (χ1n) is 7.79. The molecule has 3 aromatic rings. The molecule has 0 fully saturated rings. The van der Waals surface area contributed by atoms with Crippen LogP contribution in [0.15, 0.2) is 53.3 Å². The number of nitrogens with zero attached hydrogens (tertiary/aromatic N) is 1. The number of anilines is 3. The van der Waals surface area contributed by atoms with Crippen molar-refractivity contribution in [3.05, 3.63) is 81.3 Å². The van der Waals surface area contributed by atoms with Gasteiger partial charge in [-0.3, -0.25) is 9.78 Å². The van der Waals surface area contributed by atoms with Gasteiger partial charge in [0.2, 0.25) is 5.95 Å². The fourth-order valence-electron chi connectivity index (χ4n) is 2.54. The van der Waals surface area contributed by atoms with Crippen LogP contribution in [0.5, 0.6) is 0 Å². The monoisotopic (exact) mass is 320 g/mol. The zero-order valence-corrected chi connectivity index (χ0v) is 13.8. The topological polar surface area (TPSA) is 83.8 Å². The Hall–Kier alpha value is -3.08. The summed E-state index contributed by atoms with van der Waals surface area (Å²) in [4.78, 5) is 19.7. The van der Waals surface area contributed by atoms with E-state index in [1.54, 1.807) is 12.1 Å². The number of hydrogen-bond donors (Lipinski definition) is 3. The molecule has 0 bridgehead atoms. The first kappa shape index (κ1) is 15.8. The second-order valence-corrected chi connectivity index (χ2v) is 5.89. The lowest BCUT2D eigenvalue weighted by Gasteiger charge is -2.10. The Kier molecular flexibility index (Phi) is 4.33. The lowest BCUT2D eigenvalue weighted by molar-refractivity contribution is 0.985. The molecule has 2 aromatic carbocycles. The van der Waals surface area contributed by atoms with Gasteiger partial charge in [0, 0.05) is 23.4 Å². The second kappa shape index (κ2) is 6.58. The minimum atomic E-state index is -0.130. The van der Waals surface area contributed by atoms with E-state index in [2.05, 4.69) is 15.3 Å². The molecule has 1 heterocycles. The lowest BCUT2D eigenvalue weighted by Crippen LogP contribution is -2.18. The van der Waals surface area contributed by atoms with Crippen molar-refractivity contribution < 1.29 is 0 Å². The highest BCUT2D eigenvalue weighted by atomic mass is 16.1. The SMILES string of the molecule is Cc1ccc(Cc2c(C)nc(Nc3cccc(N)c3)[nH]c2=O)cc1. The average molecular weight is 320 g/mol. The van der Waals surface area contributed by atoms with Gasteiger partial charge in [0.25, 0.3) is 5.56 Å². The number of aromatic amines is 1. The van der Waals surface area contributed by atoms with E-state index in [9.17, 15) is 4.79 Å². The fraction of sp³-hybridized carbons (Fsp3) is 0.158. The second-order valence-electron chi connectivity index (χ2n) is 5.89. The van der Waals surface area contributed by atoms with E-state index in [4.69, 9.17) is 5.73 Å². The number of rotatable bonds is 4. The first-order chi connectivity index (χ1) is 11.5. The lowest BCUT2D eigenvalue weighted by atomic mass is 10.0. The van der Waals surface area contributed by atoms with Crippen molar-refractivity contribution in [3.63, 3.8) is 0 Å². The maximum Gasteiger partial charge on any atom is 0.256 e. The van der Waals surface area contributed by atoms with Gasteiger partial charge < -0.3 is 11.1 Å². The normalized spacial score (nSPS) is 10.6. The number of aromatic nitrogens is 2. The van der Waals surface area contributed by atoms with Crippen molar-refractivity contribution in [2.24, 2.45) is 0 Å². The molecule has 0 aliphatic heterocycles. The standard InChI is InChI=1S/C19H20N4O/c1-12-6-8-14(9-7-12)10-17-13(2)21-19(23-18(17)24)22-16-5-3-4-15(20)11-16/h3-9,11H,10,20H2,1-2H3,(H2,21,22,23,24). The molecule has 0 aliphatic rings. The van der Waals surface area contributed by atoms with Gasteiger partial charge in [-0.05, 0) is 37.6 Å². The predicted octanol–water partition coefficient (Wildman–Crippen LogP) is 3.30. The summed E-state index contributed by atoms with van der Waals surface area (Å²) in [7, 11) is 0. The number of benzene rings is 2. The molecular formula is C19H20N4O. The summed E-state index contributed by atoms with van der Waals surface area (Å²) >= 11 is 0. The van der Waals surface area contributed by atoms with E-state index in [1.807, 2.05) is 50.2 Å². The predicted molar refractivity (Wildman–Crippen MR) is 97.7 cm³/mol. The third-order valence-corrected chi connectivity index (χ3v) is 3.87. The first-order valence-corrected chi connectivity index (χ1v) is 7.79. The Morgan fingerprint density at radius 2 is 1.88 bits per heavy atom. The molecule has 0 saturated heterocycles. The third-order valence-electron chi connectivity index (χ3n) is 3.87. The molecule has 0 amide bonds. The summed E-state index contributed by atoms with van der Waals surface area (Å²) in [5.74, 6) is 0.413.